The minimum atomic E-state index is 0.109. The first kappa shape index (κ1) is 16.3. The lowest BCUT2D eigenvalue weighted by Crippen LogP contribution is -2.40. The van der Waals surface area contributed by atoms with Gasteiger partial charge < -0.3 is 15.0 Å². The van der Waals surface area contributed by atoms with Gasteiger partial charge in [-0.25, -0.2) is 4.98 Å². The molecule has 0 saturated carbocycles. The average Bonchev–Trinajstić information content (AvgIpc) is 3.31. The highest BCUT2D eigenvalue weighted by Crippen LogP contribution is 2.16. The zero-order chi connectivity index (χ0) is 17.8. The second-order valence-electron chi connectivity index (χ2n) is 6.09. The fourth-order valence-electron chi connectivity index (χ4n) is 3.11. The second kappa shape index (κ2) is 7.38. The lowest BCUT2D eigenvalue weighted by molar-refractivity contribution is 0.205. The molecule has 1 N–H and O–H groups in total. The summed E-state index contributed by atoms with van der Waals surface area (Å²) in [7, 11) is 1.79. The van der Waals surface area contributed by atoms with Gasteiger partial charge in [-0.3, -0.25) is 9.39 Å². The van der Waals surface area contributed by atoms with Crippen molar-refractivity contribution >= 4 is 11.6 Å². The van der Waals surface area contributed by atoms with Crippen LogP contribution in [0.3, 0.4) is 0 Å². The van der Waals surface area contributed by atoms with Gasteiger partial charge in [-0.1, -0.05) is 12.1 Å². The SMILES string of the molecule is CN=C(NCc1nnc2ccccn12)N1CCC(Oc2ccccn2)C1. The Kier molecular flexibility index (Phi) is 4.63. The zero-order valence-corrected chi connectivity index (χ0v) is 14.6. The smallest absolute Gasteiger partial charge is 0.213 e. The van der Waals surface area contributed by atoms with Crippen molar-refractivity contribution in [1.82, 2.24) is 29.8 Å². The van der Waals surface area contributed by atoms with Crippen LogP contribution >= 0.6 is 0 Å². The third-order valence-corrected chi connectivity index (χ3v) is 4.37. The fraction of sp³-hybridized carbons (Fsp3) is 0.333. The normalized spacial score (nSPS) is 17.7. The van der Waals surface area contributed by atoms with Crippen LogP contribution in [0.25, 0.3) is 5.65 Å². The van der Waals surface area contributed by atoms with Gasteiger partial charge in [0, 0.05) is 38.5 Å². The van der Waals surface area contributed by atoms with Crippen molar-refractivity contribution in [2.45, 2.75) is 19.1 Å². The molecule has 1 saturated heterocycles. The molecule has 3 aromatic heterocycles. The van der Waals surface area contributed by atoms with Crippen LogP contribution in [0.2, 0.25) is 0 Å². The number of nitrogens with one attached hydrogen (secondary N) is 1. The predicted octanol–water partition coefficient (Wildman–Crippen LogP) is 1.35. The van der Waals surface area contributed by atoms with E-state index in [9.17, 15) is 0 Å². The molecule has 0 aliphatic carbocycles. The second-order valence-corrected chi connectivity index (χ2v) is 6.09. The number of nitrogens with zero attached hydrogens (tertiary/aromatic N) is 6. The van der Waals surface area contributed by atoms with E-state index in [-0.39, 0.29) is 6.10 Å². The first-order chi connectivity index (χ1) is 12.8. The number of likely N-dealkylation sites (tertiary alicyclic amines) is 1. The molecule has 8 heteroatoms. The van der Waals surface area contributed by atoms with Crippen molar-refractivity contribution in [2.24, 2.45) is 4.99 Å². The number of aromatic nitrogens is 4. The van der Waals surface area contributed by atoms with Crippen molar-refractivity contribution in [3.8, 4) is 5.88 Å². The number of ether oxygens (including phenoxy) is 1. The van der Waals surface area contributed by atoms with E-state index in [1.807, 2.05) is 47.0 Å². The van der Waals surface area contributed by atoms with E-state index >= 15 is 0 Å². The van der Waals surface area contributed by atoms with E-state index in [0.29, 0.717) is 12.4 Å². The quantitative estimate of drug-likeness (QED) is 0.565. The summed E-state index contributed by atoms with van der Waals surface area (Å²) in [5.41, 5.74) is 0.837. The van der Waals surface area contributed by atoms with Crippen LogP contribution in [-0.2, 0) is 6.54 Å². The third-order valence-electron chi connectivity index (χ3n) is 4.37. The van der Waals surface area contributed by atoms with Gasteiger partial charge in [0.2, 0.25) is 5.88 Å². The molecule has 26 heavy (non-hydrogen) atoms. The van der Waals surface area contributed by atoms with Gasteiger partial charge in [0.05, 0.1) is 13.1 Å². The maximum atomic E-state index is 5.95. The summed E-state index contributed by atoms with van der Waals surface area (Å²) in [6.07, 6.45) is 4.75. The average molecular weight is 351 g/mol. The van der Waals surface area contributed by atoms with Crippen LogP contribution in [-0.4, -0.2) is 56.7 Å². The van der Waals surface area contributed by atoms with Crippen molar-refractivity contribution in [3.05, 3.63) is 54.6 Å². The number of hydrogen-bond donors (Lipinski definition) is 1. The van der Waals surface area contributed by atoms with Crippen LogP contribution in [0.15, 0.2) is 53.8 Å². The molecule has 1 fully saturated rings. The molecule has 4 rings (SSSR count). The first-order valence-corrected chi connectivity index (χ1v) is 8.65. The number of pyridine rings is 2. The molecule has 3 aromatic rings. The van der Waals surface area contributed by atoms with E-state index < -0.39 is 0 Å². The molecule has 0 bridgehead atoms. The van der Waals surface area contributed by atoms with Crippen molar-refractivity contribution < 1.29 is 4.74 Å². The Bertz CT molecular complexity index is 893. The molecule has 134 valence electrons. The standard InChI is InChI=1S/C18H21N7O/c1-19-18(21-12-16-23-22-15-6-3-5-10-25(15)16)24-11-8-14(13-24)26-17-7-2-4-9-20-17/h2-7,9-10,14H,8,11-13H2,1H3,(H,19,21). The van der Waals surface area contributed by atoms with Gasteiger partial charge in [-0.2, -0.15) is 0 Å². The lowest BCUT2D eigenvalue weighted by atomic mass is 10.3. The Hall–Kier alpha value is -3.16. The van der Waals surface area contributed by atoms with Crippen molar-refractivity contribution in [3.63, 3.8) is 0 Å². The summed E-state index contributed by atoms with van der Waals surface area (Å²) < 4.78 is 7.92. The van der Waals surface area contributed by atoms with E-state index in [0.717, 1.165) is 36.9 Å². The Morgan fingerprint density at radius 3 is 3.04 bits per heavy atom. The summed E-state index contributed by atoms with van der Waals surface area (Å²) in [5, 5.41) is 11.8. The third kappa shape index (κ3) is 3.44. The predicted molar refractivity (Wildman–Crippen MR) is 98.0 cm³/mol. The highest BCUT2D eigenvalue weighted by atomic mass is 16.5. The monoisotopic (exact) mass is 351 g/mol. The van der Waals surface area contributed by atoms with Gasteiger partial charge in [0.1, 0.15) is 6.10 Å². The fourth-order valence-corrected chi connectivity index (χ4v) is 3.11. The summed E-state index contributed by atoms with van der Waals surface area (Å²) in [4.78, 5) is 10.8. The number of aliphatic imine (C=N–C) groups is 1. The number of guanidine groups is 1. The van der Waals surface area contributed by atoms with Gasteiger partial charge in [-0.15, -0.1) is 10.2 Å². The van der Waals surface area contributed by atoms with Gasteiger partial charge in [-0.05, 0) is 18.2 Å². The van der Waals surface area contributed by atoms with Crippen LogP contribution in [0.5, 0.6) is 5.88 Å². The number of rotatable bonds is 4. The van der Waals surface area contributed by atoms with Crippen LogP contribution < -0.4 is 10.1 Å². The summed E-state index contributed by atoms with van der Waals surface area (Å²) in [6, 6.07) is 11.5. The molecule has 8 nitrogen and oxygen atoms in total. The number of hydrogen-bond acceptors (Lipinski definition) is 5. The van der Waals surface area contributed by atoms with Gasteiger partial charge >= 0.3 is 0 Å². The van der Waals surface area contributed by atoms with Crippen LogP contribution in [0.1, 0.15) is 12.2 Å². The molecule has 1 atom stereocenters. The molecular formula is C18H21N7O. The lowest BCUT2D eigenvalue weighted by Gasteiger charge is -2.21. The van der Waals surface area contributed by atoms with Crippen LogP contribution in [0, 0.1) is 0 Å². The topological polar surface area (TPSA) is 79.9 Å². The largest absolute Gasteiger partial charge is 0.472 e. The van der Waals surface area contributed by atoms with E-state index in [2.05, 4.69) is 30.4 Å². The molecular weight excluding hydrogens is 330 g/mol. The maximum Gasteiger partial charge on any atom is 0.213 e. The Morgan fingerprint density at radius 2 is 2.19 bits per heavy atom. The van der Waals surface area contributed by atoms with E-state index in [1.54, 1.807) is 13.2 Å². The zero-order valence-electron chi connectivity index (χ0n) is 14.6. The maximum absolute atomic E-state index is 5.95. The summed E-state index contributed by atoms with van der Waals surface area (Å²) in [5.74, 6) is 2.35. The van der Waals surface area contributed by atoms with Gasteiger partial charge in [0.15, 0.2) is 17.4 Å². The van der Waals surface area contributed by atoms with Crippen LogP contribution in [0.4, 0.5) is 0 Å². The molecule has 0 aromatic carbocycles. The van der Waals surface area contributed by atoms with Gasteiger partial charge in [0.25, 0.3) is 0 Å². The molecule has 0 spiro atoms. The van der Waals surface area contributed by atoms with Crippen molar-refractivity contribution in [1.29, 1.82) is 0 Å². The summed E-state index contributed by atoms with van der Waals surface area (Å²) in [6.45, 7) is 2.22. The van der Waals surface area contributed by atoms with Crippen molar-refractivity contribution in [2.75, 3.05) is 20.1 Å². The Morgan fingerprint density at radius 1 is 1.27 bits per heavy atom. The Labute approximate surface area is 151 Å². The van der Waals surface area contributed by atoms with E-state index in [4.69, 9.17) is 4.74 Å². The summed E-state index contributed by atoms with van der Waals surface area (Å²) >= 11 is 0. The number of fused-ring (bicyclic) bond motifs is 1. The molecule has 4 heterocycles. The molecule has 1 aliphatic rings. The molecule has 1 aliphatic heterocycles. The highest BCUT2D eigenvalue weighted by molar-refractivity contribution is 5.80. The molecule has 0 amide bonds. The minimum Gasteiger partial charge on any atom is -0.472 e. The van der Waals surface area contributed by atoms with E-state index in [1.165, 1.54) is 0 Å². The minimum absolute atomic E-state index is 0.109. The highest BCUT2D eigenvalue weighted by Gasteiger charge is 2.26. The first-order valence-electron chi connectivity index (χ1n) is 8.65. The molecule has 1 unspecified atom stereocenters. The Balaban J connectivity index is 1.36. The molecule has 0 radical (unpaired) electrons.